The van der Waals surface area contributed by atoms with Gasteiger partial charge in [0.05, 0.1) is 24.3 Å². The Hall–Kier alpha value is -3.21. The van der Waals surface area contributed by atoms with E-state index in [1.165, 1.54) is 23.6 Å². The van der Waals surface area contributed by atoms with Crippen LogP contribution in [0.15, 0.2) is 48.2 Å². The molecule has 7 nitrogen and oxygen atoms in total. The third-order valence-corrected chi connectivity index (χ3v) is 5.82. The van der Waals surface area contributed by atoms with Crippen molar-refractivity contribution in [3.8, 4) is 5.75 Å². The molecule has 3 heterocycles. The van der Waals surface area contributed by atoms with Crippen LogP contribution in [-0.2, 0) is 6.18 Å². The second-order valence-electron chi connectivity index (χ2n) is 7.34. The molecule has 1 aromatic carbocycles. The Morgan fingerprint density at radius 3 is 2.75 bits per heavy atom. The number of hydrogen-bond donors (Lipinski definition) is 1. The van der Waals surface area contributed by atoms with E-state index < -0.39 is 12.0 Å². The molecule has 0 bridgehead atoms. The molecule has 0 saturated carbocycles. The van der Waals surface area contributed by atoms with E-state index in [2.05, 4.69) is 20.3 Å². The summed E-state index contributed by atoms with van der Waals surface area (Å²) >= 11 is 1.28. The van der Waals surface area contributed by atoms with Crippen molar-refractivity contribution in [2.45, 2.75) is 31.7 Å². The molecule has 0 aliphatic carbocycles. The number of alkyl halides is 3. The van der Waals surface area contributed by atoms with Gasteiger partial charge in [-0.25, -0.2) is 9.97 Å². The average Bonchev–Trinajstić information content (AvgIpc) is 3.46. The Morgan fingerprint density at radius 1 is 1.28 bits per heavy atom. The van der Waals surface area contributed by atoms with E-state index in [0.717, 1.165) is 11.8 Å². The van der Waals surface area contributed by atoms with Gasteiger partial charge in [0, 0.05) is 19.2 Å². The molecule has 4 rings (SSSR count). The Morgan fingerprint density at radius 2 is 2.06 bits per heavy atom. The van der Waals surface area contributed by atoms with E-state index in [-0.39, 0.29) is 23.9 Å². The van der Waals surface area contributed by atoms with E-state index in [1.54, 1.807) is 10.4 Å². The highest BCUT2D eigenvalue weighted by Crippen LogP contribution is 2.29. The van der Waals surface area contributed by atoms with Gasteiger partial charge in [0.2, 0.25) is 5.82 Å². The zero-order chi connectivity index (χ0) is 22.7. The predicted octanol–water partition coefficient (Wildman–Crippen LogP) is 4.10. The monoisotopic (exact) mass is 463 g/mol. The number of thiazole rings is 1. The van der Waals surface area contributed by atoms with E-state index >= 15 is 0 Å². The largest absolute Gasteiger partial charge is 0.489 e. The quantitative estimate of drug-likeness (QED) is 0.593. The third-order valence-electron chi connectivity index (χ3n) is 5.05. The Balaban J connectivity index is 1.33. The van der Waals surface area contributed by atoms with E-state index in [9.17, 15) is 18.0 Å². The number of nitrogens with one attached hydrogen (secondary N) is 1. The standard InChI is InChI=1S/C21H20F3N5O2S/c1-13(27-19(30)17-10-25-12-32-17)14-2-4-15(5-3-14)31-16-7-9-29(11-16)18-6-8-26-20(28-18)21(22,23)24/h2-6,8,10,12-13,16H,7,9,11H2,1H3,(H,27,30)/t13-,16+/m0/s1. The first kappa shape index (κ1) is 22.0. The third kappa shape index (κ3) is 5.16. The van der Waals surface area contributed by atoms with Gasteiger partial charge in [-0.15, -0.1) is 11.3 Å². The fourth-order valence-electron chi connectivity index (χ4n) is 3.40. The summed E-state index contributed by atoms with van der Waals surface area (Å²) in [7, 11) is 0. The number of amides is 1. The van der Waals surface area contributed by atoms with Crippen LogP contribution >= 0.6 is 11.3 Å². The van der Waals surface area contributed by atoms with Gasteiger partial charge in [-0.2, -0.15) is 13.2 Å². The van der Waals surface area contributed by atoms with Gasteiger partial charge >= 0.3 is 6.18 Å². The maximum atomic E-state index is 12.9. The second kappa shape index (κ2) is 9.11. The minimum absolute atomic E-state index is 0.173. The maximum Gasteiger partial charge on any atom is 0.451 e. The van der Waals surface area contributed by atoms with Crippen LogP contribution in [0, 0.1) is 0 Å². The molecular weight excluding hydrogens is 443 g/mol. The molecule has 1 amide bonds. The summed E-state index contributed by atoms with van der Waals surface area (Å²) in [5.41, 5.74) is 2.53. The molecular formula is C21H20F3N5O2S. The number of benzene rings is 1. The number of rotatable bonds is 6. The summed E-state index contributed by atoms with van der Waals surface area (Å²) in [5, 5.41) is 2.92. The normalized spacial score (nSPS) is 17.2. The van der Waals surface area contributed by atoms with Gasteiger partial charge in [-0.1, -0.05) is 12.1 Å². The lowest BCUT2D eigenvalue weighted by Gasteiger charge is -2.19. The van der Waals surface area contributed by atoms with E-state index in [1.807, 2.05) is 31.2 Å². The molecule has 2 atom stereocenters. The maximum absolute atomic E-state index is 12.9. The SMILES string of the molecule is C[C@H](NC(=O)c1cncs1)c1ccc(O[C@@H]2CCN(c3ccnc(C(F)(F)F)n3)C2)cc1. The summed E-state index contributed by atoms with van der Waals surface area (Å²) in [5.74, 6) is -0.434. The Bertz CT molecular complexity index is 1060. The topological polar surface area (TPSA) is 80.2 Å². The predicted molar refractivity (Wildman–Crippen MR) is 113 cm³/mol. The fourth-order valence-corrected chi connectivity index (χ4v) is 3.92. The molecule has 0 spiro atoms. The van der Waals surface area contributed by atoms with Gasteiger partial charge in [-0.3, -0.25) is 9.78 Å². The number of anilines is 1. The van der Waals surface area contributed by atoms with Crippen molar-refractivity contribution in [1.82, 2.24) is 20.3 Å². The second-order valence-corrected chi connectivity index (χ2v) is 8.23. The first-order valence-electron chi connectivity index (χ1n) is 9.91. The van der Waals surface area contributed by atoms with Crippen LogP contribution in [0.4, 0.5) is 19.0 Å². The molecule has 0 radical (unpaired) electrons. The van der Waals surface area contributed by atoms with Crippen LogP contribution in [0.3, 0.4) is 0 Å². The summed E-state index contributed by atoms with van der Waals surface area (Å²) in [6, 6.07) is 8.66. The van der Waals surface area contributed by atoms with Crippen LogP contribution in [0.1, 0.15) is 40.4 Å². The van der Waals surface area contributed by atoms with Gasteiger partial charge in [0.1, 0.15) is 22.5 Å². The molecule has 11 heteroatoms. The van der Waals surface area contributed by atoms with Crippen molar-refractivity contribution in [1.29, 1.82) is 0 Å². The van der Waals surface area contributed by atoms with Crippen molar-refractivity contribution >= 4 is 23.1 Å². The molecule has 1 saturated heterocycles. The first-order valence-corrected chi connectivity index (χ1v) is 10.8. The lowest BCUT2D eigenvalue weighted by Crippen LogP contribution is -2.26. The van der Waals surface area contributed by atoms with Crippen molar-refractivity contribution in [2.24, 2.45) is 0 Å². The van der Waals surface area contributed by atoms with Crippen molar-refractivity contribution in [2.75, 3.05) is 18.0 Å². The summed E-state index contributed by atoms with van der Waals surface area (Å²) in [4.78, 5) is 25.3. The molecule has 1 fully saturated rings. The average molecular weight is 463 g/mol. The molecule has 3 aromatic rings. The molecule has 32 heavy (non-hydrogen) atoms. The van der Waals surface area contributed by atoms with Gasteiger partial charge in [0.25, 0.3) is 5.91 Å². The Kier molecular flexibility index (Phi) is 6.26. The van der Waals surface area contributed by atoms with Gasteiger partial charge in [-0.05, 0) is 30.7 Å². The summed E-state index contributed by atoms with van der Waals surface area (Å²) < 4.78 is 44.6. The van der Waals surface area contributed by atoms with Crippen molar-refractivity contribution < 1.29 is 22.7 Å². The lowest BCUT2D eigenvalue weighted by atomic mass is 10.1. The zero-order valence-electron chi connectivity index (χ0n) is 17.0. The van der Waals surface area contributed by atoms with Gasteiger partial charge < -0.3 is 15.0 Å². The number of aromatic nitrogens is 3. The van der Waals surface area contributed by atoms with Crippen LogP contribution in [-0.4, -0.2) is 40.1 Å². The number of hydrogen-bond acceptors (Lipinski definition) is 7. The minimum atomic E-state index is -4.58. The van der Waals surface area contributed by atoms with Crippen LogP contribution in [0.5, 0.6) is 5.75 Å². The van der Waals surface area contributed by atoms with Crippen LogP contribution in [0.25, 0.3) is 0 Å². The molecule has 1 N–H and O–H groups in total. The lowest BCUT2D eigenvalue weighted by molar-refractivity contribution is -0.144. The fraction of sp³-hybridized carbons (Fsp3) is 0.333. The van der Waals surface area contributed by atoms with E-state index in [0.29, 0.717) is 30.1 Å². The first-order chi connectivity index (χ1) is 15.3. The number of halogens is 3. The molecule has 2 aromatic heterocycles. The molecule has 0 unspecified atom stereocenters. The number of nitrogens with zero attached hydrogens (tertiary/aromatic N) is 4. The minimum Gasteiger partial charge on any atom is -0.489 e. The summed E-state index contributed by atoms with van der Waals surface area (Å²) in [6.45, 7) is 2.86. The molecule has 1 aliphatic rings. The Labute approximate surface area is 186 Å². The highest BCUT2D eigenvalue weighted by molar-refractivity contribution is 7.11. The number of carbonyl (C=O) groups excluding carboxylic acids is 1. The highest BCUT2D eigenvalue weighted by Gasteiger charge is 2.35. The zero-order valence-corrected chi connectivity index (χ0v) is 17.9. The molecule has 168 valence electrons. The molecule has 1 aliphatic heterocycles. The summed E-state index contributed by atoms with van der Waals surface area (Å²) in [6.07, 6.45) is -1.44. The van der Waals surface area contributed by atoms with Crippen LogP contribution in [0.2, 0.25) is 0 Å². The smallest absolute Gasteiger partial charge is 0.451 e. The van der Waals surface area contributed by atoms with E-state index in [4.69, 9.17) is 4.74 Å². The number of carbonyl (C=O) groups is 1. The van der Waals surface area contributed by atoms with Crippen molar-refractivity contribution in [3.63, 3.8) is 0 Å². The highest BCUT2D eigenvalue weighted by atomic mass is 32.1. The van der Waals surface area contributed by atoms with Gasteiger partial charge in [0.15, 0.2) is 0 Å². The van der Waals surface area contributed by atoms with Crippen molar-refractivity contribution in [3.05, 3.63) is 64.5 Å². The number of ether oxygens (including phenoxy) is 1. The van der Waals surface area contributed by atoms with Crippen LogP contribution < -0.4 is 15.0 Å².